The maximum atomic E-state index is 12.9. The largest absolute Gasteiger partial charge is 0.493 e. The average molecular weight is 378 g/mol. The van der Waals surface area contributed by atoms with Crippen LogP contribution >= 0.6 is 0 Å². The molecule has 0 aliphatic carbocycles. The number of hydrogen-bond acceptors (Lipinski definition) is 7. The number of nitrogens with zero attached hydrogens (tertiary/aromatic N) is 3. The predicted molar refractivity (Wildman–Crippen MR) is 96.8 cm³/mol. The number of carbonyl (C=O) groups is 2. The molecule has 2 aromatic heterocycles. The number of ether oxygens (including phenoxy) is 2. The van der Waals surface area contributed by atoms with Crippen molar-refractivity contribution < 1.29 is 19.1 Å². The molecule has 2 aromatic rings. The molecule has 0 atom stereocenters. The van der Waals surface area contributed by atoms with E-state index in [9.17, 15) is 19.2 Å². The minimum Gasteiger partial charge on any atom is -0.493 e. The molecule has 10 heteroatoms. The van der Waals surface area contributed by atoms with Crippen LogP contribution in [0.4, 0.5) is 0 Å². The van der Waals surface area contributed by atoms with E-state index in [1.165, 1.54) is 17.8 Å². The summed E-state index contributed by atoms with van der Waals surface area (Å²) in [7, 11) is 1.45. The summed E-state index contributed by atoms with van der Waals surface area (Å²) in [5.74, 6) is -0.952. The van der Waals surface area contributed by atoms with E-state index in [1.54, 1.807) is 20.8 Å². The molecule has 0 fully saturated rings. The summed E-state index contributed by atoms with van der Waals surface area (Å²) >= 11 is 0. The molecule has 27 heavy (non-hydrogen) atoms. The van der Waals surface area contributed by atoms with Gasteiger partial charge in [-0.15, -0.1) is 0 Å². The van der Waals surface area contributed by atoms with Gasteiger partial charge in [-0.25, -0.2) is 14.3 Å². The first kappa shape index (κ1) is 20.1. The molecule has 1 amide bonds. The summed E-state index contributed by atoms with van der Waals surface area (Å²) < 4.78 is 12.2. The van der Waals surface area contributed by atoms with Gasteiger partial charge < -0.3 is 14.8 Å². The molecule has 0 aromatic carbocycles. The van der Waals surface area contributed by atoms with E-state index in [0.717, 1.165) is 4.57 Å². The van der Waals surface area contributed by atoms with Crippen LogP contribution in [0.2, 0.25) is 0 Å². The minimum atomic E-state index is -0.697. The van der Waals surface area contributed by atoms with Crippen molar-refractivity contribution in [3.63, 3.8) is 0 Å². The van der Waals surface area contributed by atoms with Gasteiger partial charge in [0.05, 0.1) is 13.2 Å². The summed E-state index contributed by atoms with van der Waals surface area (Å²) in [6.45, 7) is 4.77. The van der Waals surface area contributed by atoms with Crippen molar-refractivity contribution in [2.24, 2.45) is 7.05 Å². The molecule has 0 bridgehead atoms. The van der Waals surface area contributed by atoms with E-state index in [1.807, 2.05) is 0 Å². The molecule has 2 rings (SSSR count). The standard InChI is InChI=1S/C17H22N4O6/c1-5-26-12(23)8-18-11(22)9-21-16(24)13-14(27-6-2)10(3)7-19-15(13)20(4)17(21)25/h7H,5-6,8-9H2,1-4H3,(H,18,22). The fourth-order valence-electron chi connectivity index (χ4n) is 2.57. The van der Waals surface area contributed by atoms with Crippen molar-refractivity contribution >= 4 is 22.9 Å². The molecular weight excluding hydrogens is 356 g/mol. The summed E-state index contributed by atoms with van der Waals surface area (Å²) in [6, 6.07) is 0. The molecule has 0 aliphatic rings. The number of nitrogens with one attached hydrogen (secondary N) is 1. The molecule has 0 unspecified atom stereocenters. The highest BCUT2D eigenvalue weighted by Gasteiger charge is 2.19. The van der Waals surface area contributed by atoms with Gasteiger partial charge in [-0.05, 0) is 20.8 Å². The Morgan fingerprint density at radius 3 is 2.56 bits per heavy atom. The summed E-state index contributed by atoms with van der Waals surface area (Å²) in [5, 5.41) is 2.44. The number of aryl methyl sites for hydroxylation is 2. The van der Waals surface area contributed by atoms with Crippen LogP contribution in [0.1, 0.15) is 19.4 Å². The van der Waals surface area contributed by atoms with Crippen LogP contribution in [0.3, 0.4) is 0 Å². The van der Waals surface area contributed by atoms with Crippen LogP contribution < -0.4 is 21.3 Å². The summed E-state index contributed by atoms with van der Waals surface area (Å²) in [4.78, 5) is 52.9. The lowest BCUT2D eigenvalue weighted by atomic mass is 10.2. The predicted octanol–water partition coefficient (Wildman–Crippen LogP) is -0.518. The number of rotatable bonds is 7. The molecule has 0 saturated heterocycles. The topological polar surface area (TPSA) is 122 Å². The van der Waals surface area contributed by atoms with Gasteiger partial charge in [0.2, 0.25) is 5.91 Å². The molecule has 0 spiro atoms. The number of pyridine rings is 1. The number of aromatic nitrogens is 3. The lowest BCUT2D eigenvalue weighted by Crippen LogP contribution is -2.44. The van der Waals surface area contributed by atoms with Crippen LogP contribution in [0.25, 0.3) is 11.0 Å². The summed E-state index contributed by atoms with van der Waals surface area (Å²) in [5.41, 5.74) is -0.572. The second-order valence-corrected chi connectivity index (χ2v) is 5.72. The van der Waals surface area contributed by atoms with Crippen LogP contribution in [-0.2, 0) is 27.9 Å². The van der Waals surface area contributed by atoms with Crippen LogP contribution in [0.5, 0.6) is 5.75 Å². The highest BCUT2D eigenvalue weighted by molar-refractivity contribution is 5.84. The molecule has 10 nitrogen and oxygen atoms in total. The van der Waals surface area contributed by atoms with E-state index in [0.29, 0.717) is 17.9 Å². The van der Waals surface area contributed by atoms with Crippen LogP contribution in [-0.4, -0.2) is 45.8 Å². The monoisotopic (exact) mass is 378 g/mol. The third-order valence-electron chi connectivity index (χ3n) is 3.81. The van der Waals surface area contributed by atoms with Crippen molar-refractivity contribution in [2.75, 3.05) is 19.8 Å². The van der Waals surface area contributed by atoms with E-state index < -0.39 is 29.7 Å². The van der Waals surface area contributed by atoms with E-state index in [4.69, 9.17) is 9.47 Å². The zero-order valence-electron chi connectivity index (χ0n) is 15.7. The third-order valence-corrected chi connectivity index (χ3v) is 3.81. The second-order valence-electron chi connectivity index (χ2n) is 5.72. The Balaban J connectivity index is 2.47. The van der Waals surface area contributed by atoms with E-state index in [2.05, 4.69) is 10.3 Å². The molecule has 0 aliphatic heterocycles. The lowest BCUT2D eigenvalue weighted by Gasteiger charge is -2.14. The van der Waals surface area contributed by atoms with Crippen molar-refractivity contribution in [2.45, 2.75) is 27.3 Å². The molecule has 0 saturated carbocycles. The molecule has 0 radical (unpaired) electrons. The Kier molecular flexibility index (Phi) is 6.32. The second kappa shape index (κ2) is 8.47. The van der Waals surface area contributed by atoms with Gasteiger partial charge in [0.25, 0.3) is 5.56 Å². The number of hydrogen-bond donors (Lipinski definition) is 1. The smallest absolute Gasteiger partial charge is 0.332 e. The van der Waals surface area contributed by atoms with Crippen molar-refractivity contribution in [3.05, 3.63) is 32.6 Å². The van der Waals surface area contributed by atoms with Gasteiger partial charge in [-0.3, -0.25) is 19.0 Å². The minimum absolute atomic E-state index is 0.122. The molecule has 2 heterocycles. The van der Waals surface area contributed by atoms with E-state index in [-0.39, 0.29) is 24.2 Å². The Labute approximate surface area is 154 Å². The van der Waals surface area contributed by atoms with Gasteiger partial charge in [0.15, 0.2) is 5.65 Å². The third kappa shape index (κ3) is 4.15. The van der Waals surface area contributed by atoms with Crippen LogP contribution in [0.15, 0.2) is 15.8 Å². The number of fused-ring (bicyclic) bond motifs is 1. The Morgan fingerprint density at radius 2 is 1.93 bits per heavy atom. The first-order valence-corrected chi connectivity index (χ1v) is 8.46. The molecule has 146 valence electrons. The number of esters is 1. The average Bonchev–Trinajstić information content (AvgIpc) is 2.63. The van der Waals surface area contributed by atoms with Gasteiger partial charge >= 0.3 is 11.7 Å². The molecular formula is C17H22N4O6. The fourth-order valence-corrected chi connectivity index (χ4v) is 2.57. The Hall–Kier alpha value is -3.17. The first-order valence-electron chi connectivity index (χ1n) is 8.46. The first-order chi connectivity index (χ1) is 12.8. The Morgan fingerprint density at radius 1 is 1.22 bits per heavy atom. The highest BCUT2D eigenvalue weighted by atomic mass is 16.5. The van der Waals surface area contributed by atoms with Crippen molar-refractivity contribution in [1.29, 1.82) is 0 Å². The zero-order valence-corrected chi connectivity index (χ0v) is 15.7. The van der Waals surface area contributed by atoms with Crippen LogP contribution in [0, 0.1) is 6.92 Å². The summed E-state index contributed by atoms with van der Waals surface area (Å²) in [6.07, 6.45) is 1.52. The maximum Gasteiger partial charge on any atom is 0.332 e. The van der Waals surface area contributed by atoms with E-state index >= 15 is 0 Å². The molecule has 1 N–H and O–H groups in total. The zero-order chi connectivity index (χ0) is 20.1. The fraction of sp³-hybridized carbons (Fsp3) is 0.471. The van der Waals surface area contributed by atoms with Crippen molar-refractivity contribution in [1.82, 2.24) is 19.4 Å². The van der Waals surface area contributed by atoms with Gasteiger partial charge in [0.1, 0.15) is 24.2 Å². The maximum absolute atomic E-state index is 12.9. The quantitative estimate of drug-likeness (QED) is 0.644. The lowest BCUT2D eigenvalue weighted by molar-refractivity contribution is -0.143. The van der Waals surface area contributed by atoms with Gasteiger partial charge in [-0.2, -0.15) is 0 Å². The van der Waals surface area contributed by atoms with Crippen molar-refractivity contribution in [3.8, 4) is 5.75 Å². The van der Waals surface area contributed by atoms with Gasteiger partial charge in [-0.1, -0.05) is 0 Å². The SMILES string of the molecule is CCOC(=O)CNC(=O)Cn1c(=O)c2c(OCC)c(C)cnc2n(C)c1=O. The normalized spacial score (nSPS) is 10.7. The number of amides is 1. The highest BCUT2D eigenvalue weighted by Crippen LogP contribution is 2.24. The number of carbonyl (C=O) groups excluding carboxylic acids is 2. The van der Waals surface area contributed by atoms with Gasteiger partial charge in [0, 0.05) is 18.8 Å². The Bertz CT molecular complexity index is 992.